The van der Waals surface area contributed by atoms with Gasteiger partial charge in [-0.2, -0.15) is 0 Å². The summed E-state index contributed by atoms with van der Waals surface area (Å²) in [6.45, 7) is 6.98. The monoisotopic (exact) mass is 358 g/mol. The lowest BCUT2D eigenvalue weighted by Crippen LogP contribution is -2.21. The van der Waals surface area contributed by atoms with E-state index in [1.54, 1.807) is 0 Å². The van der Waals surface area contributed by atoms with Gasteiger partial charge in [0.25, 0.3) is 0 Å². The molecule has 0 N–H and O–H groups in total. The average molecular weight is 359 g/mol. The Bertz CT molecular complexity index is 746. The molecule has 0 aromatic heterocycles. The van der Waals surface area contributed by atoms with Gasteiger partial charge in [-0.1, -0.05) is 76.1 Å². The minimum absolute atomic E-state index is 0.789. The molecule has 142 valence electrons. The number of hydrogen-bond acceptors (Lipinski definition) is 0. The zero-order valence-corrected chi connectivity index (χ0v) is 17.3. The molecule has 0 radical (unpaired) electrons. The second-order valence-corrected chi connectivity index (χ2v) is 8.37. The Hall–Kier alpha value is -2.00. The van der Waals surface area contributed by atoms with Crippen molar-refractivity contribution in [3.8, 4) is 11.8 Å². The van der Waals surface area contributed by atoms with Crippen molar-refractivity contribution >= 4 is 0 Å². The summed E-state index contributed by atoms with van der Waals surface area (Å²) >= 11 is 0. The van der Waals surface area contributed by atoms with Crippen LogP contribution in [0.2, 0.25) is 0 Å². The Kier molecular flexibility index (Phi) is 7.17. The summed E-state index contributed by atoms with van der Waals surface area (Å²) in [6.07, 6.45) is 9.40. The summed E-state index contributed by atoms with van der Waals surface area (Å²) < 4.78 is 0. The first-order chi connectivity index (χ1) is 13.2. The minimum atomic E-state index is 0.789. The van der Waals surface area contributed by atoms with E-state index in [1.165, 1.54) is 49.7 Å². The van der Waals surface area contributed by atoms with Gasteiger partial charge in [-0.3, -0.25) is 0 Å². The van der Waals surface area contributed by atoms with E-state index in [1.807, 2.05) is 0 Å². The van der Waals surface area contributed by atoms with Crippen LogP contribution in [0.5, 0.6) is 0 Å². The highest BCUT2D eigenvalue weighted by atomic mass is 14.3. The van der Waals surface area contributed by atoms with Crippen molar-refractivity contribution in [1.29, 1.82) is 0 Å². The Labute approximate surface area is 166 Å². The van der Waals surface area contributed by atoms with Gasteiger partial charge in [-0.15, -0.1) is 0 Å². The number of aryl methyl sites for hydroxylation is 1. The molecule has 1 saturated carbocycles. The third-order valence-electron chi connectivity index (χ3n) is 6.50. The van der Waals surface area contributed by atoms with E-state index in [0.717, 1.165) is 35.3 Å². The Morgan fingerprint density at radius 2 is 1.30 bits per heavy atom. The van der Waals surface area contributed by atoms with Crippen molar-refractivity contribution in [2.24, 2.45) is 17.8 Å². The lowest BCUT2D eigenvalue weighted by molar-refractivity contribution is 0.210. The number of hydrogen-bond donors (Lipinski definition) is 0. The molecule has 1 unspecified atom stereocenters. The molecule has 27 heavy (non-hydrogen) atoms. The molecule has 0 aliphatic heterocycles. The van der Waals surface area contributed by atoms with Gasteiger partial charge in [0.05, 0.1) is 0 Å². The van der Waals surface area contributed by atoms with Crippen LogP contribution in [0.1, 0.15) is 75.1 Å². The van der Waals surface area contributed by atoms with E-state index < -0.39 is 0 Å². The maximum absolute atomic E-state index is 3.30. The van der Waals surface area contributed by atoms with Gasteiger partial charge >= 0.3 is 0 Å². The van der Waals surface area contributed by atoms with Gasteiger partial charge in [0.15, 0.2) is 0 Å². The van der Waals surface area contributed by atoms with Gasteiger partial charge in [-0.25, -0.2) is 0 Å². The first-order valence-electron chi connectivity index (χ1n) is 10.9. The van der Waals surface area contributed by atoms with Gasteiger partial charge in [-0.05, 0) is 78.8 Å². The highest BCUT2D eigenvalue weighted by molar-refractivity contribution is 5.44. The summed E-state index contributed by atoms with van der Waals surface area (Å²) in [4.78, 5) is 0. The van der Waals surface area contributed by atoms with Crippen molar-refractivity contribution in [2.75, 3.05) is 0 Å². The topological polar surface area (TPSA) is 0 Å². The van der Waals surface area contributed by atoms with Crippen LogP contribution >= 0.6 is 0 Å². The highest BCUT2D eigenvalue weighted by Gasteiger charge is 2.24. The molecule has 0 nitrogen and oxygen atoms in total. The normalized spacial score (nSPS) is 20.6. The molecule has 0 heterocycles. The molecule has 0 saturated heterocycles. The summed E-state index contributed by atoms with van der Waals surface area (Å²) in [5.41, 5.74) is 5.02. The SMILES string of the molecule is CCc1ccc(C#Cc2ccc(CC(C)C3CCC(CC)CC3)cc2)cc1. The number of rotatable bonds is 5. The van der Waals surface area contributed by atoms with Crippen LogP contribution in [0.4, 0.5) is 0 Å². The third-order valence-corrected chi connectivity index (χ3v) is 6.50. The fourth-order valence-electron chi connectivity index (χ4n) is 4.40. The molecule has 1 fully saturated rings. The fourth-order valence-corrected chi connectivity index (χ4v) is 4.40. The van der Waals surface area contributed by atoms with Crippen molar-refractivity contribution in [2.45, 2.75) is 65.7 Å². The lowest BCUT2D eigenvalue weighted by atomic mass is 9.74. The van der Waals surface area contributed by atoms with Crippen LogP contribution < -0.4 is 0 Å². The Morgan fingerprint density at radius 3 is 1.78 bits per heavy atom. The third kappa shape index (κ3) is 5.74. The highest BCUT2D eigenvalue weighted by Crippen LogP contribution is 2.35. The fraction of sp³-hybridized carbons (Fsp3) is 0.481. The van der Waals surface area contributed by atoms with Gasteiger partial charge < -0.3 is 0 Å². The largest absolute Gasteiger partial charge is 0.0651 e. The van der Waals surface area contributed by atoms with E-state index in [2.05, 4.69) is 81.1 Å². The summed E-state index contributed by atoms with van der Waals surface area (Å²) in [5, 5.41) is 0. The van der Waals surface area contributed by atoms with Crippen LogP contribution in [0.3, 0.4) is 0 Å². The molecular formula is C27H34. The van der Waals surface area contributed by atoms with Crippen LogP contribution in [0.25, 0.3) is 0 Å². The summed E-state index contributed by atoms with van der Waals surface area (Å²) in [6, 6.07) is 17.5. The molecule has 2 aromatic rings. The van der Waals surface area contributed by atoms with E-state index in [4.69, 9.17) is 0 Å². The average Bonchev–Trinajstić information content (AvgIpc) is 2.73. The predicted molar refractivity (Wildman–Crippen MR) is 117 cm³/mol. The van der Waals surface area contributed by atoms with Crippen LogP contribution in [0.15, 0.2) is 48.5 Å². The molecule has 0 spiro atoms. The second kappa shape index (κ2) is 9.80. The maximum atomic E-state index is 3.30. The zero-order chi connectivity index (χ0) is 19.1. The molecule has 1 aliphatic rings. The predicted octanol–water partition coefficient (Wildman–Crippen LogP) is 7.04. The first kappa shape index (κ1) is 19.8. The van der Waals surface area contributed by atoms with Gasteiger partial charge in [0.2, 0.25) is 0 Å². The van der Waals surface area contributed by atoms with Gasteiger partial charge in [0.1, 0.15) is 0 Å². The first-order valence-corrected chi connectivity index (χ1v) is 10.9. The molecule has 0 amide bonds. The van der Waals surface area contributed by atoms with Crippen molar-refractivity contribution in [3.05, 3.63) is 70.8 Å². The Morgan fingerprint density at radius 1 is 0.778 bits per heavy atom. The van der Waals surface area contributed by atoms with E-state index in [0.29, 0.717) is 0 Å². The lowest BCUT2D eigenvalue weighted by Gasteiger charge is -2.32. The van der Waals surface area contributed by atoms with E-state index in [-0.39, 0.29) is 0 Å². The maximum Gasteiger partial charge on any atom is 0.0249 e. The summed E-state index contributed by atoms with van der Waals surface area (Å²) in [5.74, 6) is 9.28. The summed E-state index contributed by atoms with van der Waals surface area (Å²) in [7, 11) is 0. The molecule has 2 aromatic carbocycles. The van der Waals surface area contributed by atoms with Crippen LogP contribution in [-0.4, -0.2) is 0 Å². The van der Waals surface area contributed by atoms with E-state index in [9.17, 15) is 0 Å². The van der Waals surface area contributed by atoms with Crippen molar-refractivity contribution < 1.29 is 0 Å². The molecule has 0 bridgehead atoms. The molecule has 1 aliphatic carbocycles. The minimum Gasteiger partial charge on any atom is -0.0651 e. The Balaban J connectivity index is 1.55. The second-order valence-electron chi connectivity index (χ2n) is 8.37. The van der Waals surface area contributed by atoms with Crippen molar-refractivity contribution in [1.82, 2.24) is 0 Å². The molecular weight excluding hydrogens is 324 g/mol. The van der Waals surface area contributed by atoms with Crippen LogP contribution in [-0.2, 0) is 12.8 Å². The smallest absolute Gasteiger partial charge is 0.0249 e. The molecule has 1 atom stereocenters. The van der Waals surface area contributed by atoms with Crippen molar-refractivity contribution in [3.63, 3.8) is 0 Å². The standard InChI is InChI=1S/C27H34/c1-4-22-6-8-24(9-7-22)10-11-25-12-14-26(15-13-25)20-21(3)27-18-16-23(5-2)17-19-27/h6-9,12-15,21,23,27H,4-5,16-20H2,1-3H3. The molecule has 3 rings (SSSR count). The quantitative estimate of drug-likeness (QED) is 0.503. The van der Waals surface area contributed by atoms with E-state index >= 15 is 0 Å². The zero-order valence-electron chi connectivity index (χ0n) is 17.3. The molecule has 0 heteroatoms. The number of benzene rings is 2. The van der Waals surface area contributed by atoms with Gasteiger partial charge in [0, 0.05) is 11.1 Å². The van der Waals surface area contributed by atoms with Crippen LogP contribution in [0, 0.1) is 29.6 Å².